The molecule has 0 aliphatic carbocycles. The molecule has 0 saturated heterocycles. The van der Waals surface area contributed by atoms with E-state index in [-0.39, 0.29) is 0 Å². The lowest BCUT2D eigenvalue weighted by molar-refractivity contribution is 0.209. The second-order valence-corrected chi connectivity index (χ2v) is 2.97. The minimum Gasteiger partial charge on any atom is -0.382 e. The second-order valence-electron chi connectivity index (χ2n) is 2.97. The van der Waals surface area contributed by atoms with Crippen LogP contribution in [0, 0.1) is 0 Å². The first-order chi connectivity index (χ1) is 7.79. The highest BCUT2D eigenvalue weighted by Crippen LogP contribution is 2.18. The van der Waals surface area contributed by atoms with Gasteiger partial charge in [-0.2, -0.15) is 0 Å². The Morgan fingerprint density at radius 2 is 2.06 bits per heavy atom. The average molecular weight is 220 g/mol. The molecule has 16 heavy (non-hydrogen) atoms. The van der Waals surface area contributed by atoms with Crippen molar-refractivity contribution in [3.8, 4) is 0 Å². The molecular weight excluding hydrogens is 204 g/mol. The Kier molecular flexibility index (Phi) is 4.60. The molecule has 2 aromatic rings. The fourth-order valence-corrected chi connectivity index (χ4v) is 1.25. The van der Waals surface area contributed by atoms with Crippen molar-refractivity contribution in [1.82, 2.24) is 20.0 Å². The molecule has 0 aliphatic rings. The monoisotopic (exact) mass is 220 g/mol. The number of pyridine rings is 1. The Morgan fingerprint density at radius 1 is 1.31 bits per heavy atom. The van der Waals surface area contributed by atoms with Crippen LogP contribution in [0.1, 0.15) is 31.2 Å². The van der Waals surface area contributed by atoms with Crippen LogP contribution in [0.2, 0.25) is 0 Å². The molecule has 1 N–H and O–H groups in total. The van der Waals surface area contributed by atoms with Crippen LogP contribution >= 0.6 is 0 Å². The minimum absolute atomic E-state index is 0.651. The van der Waals surface area contributed by atoms with Gasteiger partial charge in [-0.25, -0.2) is 4.68 Å². The number of aliphatic hydroxyl groups is 1. The highest BCUT2D eigenvalue weighted by atomic mass is 16.3. The van der Waals surface area contributed by atoms with Gasteiger partial charge in [-0.3, -0.25) is 4.98 Å². The van der Waals surface area contributed by atoms with Crippen LogP contribution < -0.4 is 0 Å². The zero-order valence-electron chi connectivity index (χ0n) is 9.70. The summed E-state index contributed by atoms with van der Waals surface area (Å²) in [4.78, 5) is 3.94. The Hall–Kier alpha value is -1.75. The summed E-state index contributed by atoms with van der Waals surface area (Å²) in [6.07, 6.45) is 4.11. The first-order valence-electron chi connectivity index (χ1n) is 5.21. The summed E-state index contributed by atoms with van der Waals surface area (Å²) in [5.41, 5.74) is 1.39. The first-order valence-corrected chi connectivity index (χ1v) is 5.21. The molecule has 2 aromatic heterocycles. The largest absolute Gasteiger partial charge is 0.382 e. The molecule has 0 saturated carbocycles. The van der Waals surface area contributed by atoms with E-state index in [1.54, 1.807) is 25.5 Å². The topological polar surface area (TPSA) is 63.8 Å². The summed E-state index contributed by atoms with van der Waals surface area (Å²) in [5.74, 6) is 0. The van der Waals surface area contributed by atoms with Crippen LogP contribution in [-0.2, 0) is 7.05 Å². The van der Waals surface area contributed by atoms with Gasteiger partial charge in [-0.15, -0.1) is 5.10 Å². The van der Waals surface area contributed by atoms with Gasteiger partial charge in [0.1, 0.15) is 6.10 Å². The van der Waals surface area contributed by atoms with Crippen LogP contribution in [0.5, 0.6) is 0 Å². The van der Waals surface area contributed by atoms with E-state index in [4.69, 9.17) is 0 Å². The molecule has 86 valence electrons. The molecule has 0 spiro atoms. The van der Waals surface area contributed by atoms with Crippen molar-refractivity contribution < 1.29 is 5.11 Å². The third kappa shape index (κ3) is 2.64. The molecule has 0 aliphatic heterocycles. The van der Waals surface area contributed by atoms with E-state index in [0.29, 0.717) is 5.69 Å². The van der Waals surface area contributed by atoms with Gasteiger partial charge in [0.25, 0.3) is 0 Å². The molecule has 0 bridgehead atoms. The van der Waals surface area contributed by atoms with E-state index in [1.807, 2.05) is 19.9 Å². The van der Waals surface area contributed by atoms with E-state index in [9.17, 15) is 5.11 Å². The van der Waals surface area contributed by atoms with Gasteiger partial charge in [0.15, 0.2) is 0 Å². The smallest absolute Gasteiger partial charge is 0.124 e. The molecule has 5 nitrogen and oxygen atoms in total. The lowest BCUT2D eigenvalue weighted by Gasteiger charge is -2.09. The van der Waals surface area contributed by atoms with Gasteiger partial charge in [-0.1, -0.05) is 25.1 Å². The van der Waals surface area contributed by atoms with Crippen molar-refractivity contribution in [3.63, 3.8) is 0 Å². The van der Waals surface area contributed by atoms with Gasteiger partial charge in [-0.05, 0) is 6.07 Å². The molecule has 0 radical (unpaired) electrons. The van der Waals surface area contributed by atoms with Crippen LogP contribution in [0.3, 0.4) is 0 Å². The minimum atomic E-state index is -0.719. The lowest BCUT2D eigenvalue weighted by Crippen LogP contribution is -2.06. The highest BCUT2D eigenvalue weighted by molar-refractivity contribution is 5.20. The first kappa shape index (κ1) is 12.3. The summed E-state index contributed by atoms with van der Waals surface area (Å²) in [6, 6.07) is 3.59. The predicted molar refractivity (Wildman–Crippen MR) is 60.6 cm³/mol. The zero-order chi connectivity index (χ0) is 12.0. The molecule has 0 amide bonds. The van der Waals surface area contributed by atoms with Gasteiger partial charge < -0.3 is 5.11 Å². The molecule has 1 atom stereocenters. The van der Waals surface area contributed by atoms with Crippen molar-refractivity contribution in [1.29, 1.82) is 0 Å². The molecule has 1 unspecified atom stereocenters. The maximum absolute atomic E-state index is 9.92. The maximum atomic E-state index is 9.92. The third-order valence-corrected chi connectivity index (χ3v) is 2.03. The number of aliphatic hydroxyl groups excluding tert-OH is 1. The van der Waals surface area contributed by atoms with E-state index in [2.05, 4.69) is 15.3 Å². The Morgan fingerprint density at radius 3 is 2.56 bits per heavy atom. The van der Waals surface area contributed by atoms with Crippen molar-refractivity contribution in [3.05, 3.63) is 42.0 Å². The van der Waals surface area contributed by atoms with Crippen molar-refractivity contribution in [2.45, 2.75) is 20.0 Å². The van der Waals surface area contributed by atoms with Crippen LogP contribution in [0.4, 0.5) is 0 Å². The number of aromatic nitrogens is 4. The predicted octanol–water partition coefficient (Wildman–Crippen LogP) is 1.32. The van der Waals surface area contributed by atoms with Crippen LogP contribution in [0.25, 0.3) is 0 Å². The zero-order valence-corrected chi connectivity index (χ0v) is 9.70. The van der Waals surface area contributed by atoms with Gasteiger partial charge in [0.2, 0.25) is 0 Å². The van der Waals surface area contributed by atoms with Crippen LogP contribution in [-0.4, -0.2) is 25.1 Å². The van der Waals surface area contributed by atoms with Crippen molar-refractivity contribution in [2.24, 2.45) is 7.05 Å². The Bertz CT molecular complexity index is 413. The molecular formula is C11H16N4O. The van der Waals surface area contributed by atoms with Crippen molar-refractivity contribution in [2.75, 3.05) is 0 Å². The number of hydrogen-bond donors (Lipinski definition) is 1. The average Bonchev–Trinajstić information content (AvgIpc) is 2.78. The maximum Gasteiger partial charge on any atom is 0.124 e. The van der Waals surface area contributed by atoms with E-state index < -0.39 is 6.10 Å². The quantitative estimate of drug-likeness (QED) is 0.829. The third-order valence-electron chi connectivity index (χ3n) is 2.03. The fourth-order valence-electron chi connectivity index (χ4n) is 1.25. The van der Waals surface area contributed by atoms with Crippen molar-refractivity contribution >= 4 is 0 Å². The summed E-state index contributed by atoms with van der Waals surface area (Å²) >= 11 is 0. The van der Waals surface area contributed by atoms with E-state index >= 15 is 0 Å². The highest BCUT2D eigenvalue weighted by Gasteiger charge is 2.14. The Balaban J connectivity index is 0.000000606. The van der Waals surface area contributed by atoms with Gasteiger partial charge >= 0.3 is 0 Å². The Labute approximate surface area is 94.8 Å². The lowest BCUT2D eigenvalue weighted by atomic mass is 10.1. The van der Waals surface area contributed by atoms with E-state index in [1.165, 1.54) is 10.9 Å². The number of aryl methyl sites for hydroxylation is 1. The fraction of sp³-hybridized carbons (Fsp3) is 0.364. The molecule has 0 aromatic carbocycles. The SMILES string of the molecule is CC.Cn1nncc1C(O)c1cccnc1. The number of hydrogen-bond acceptors (Lipinski definition) is 4. The second kappa shape index (κ2) is 5.97. The van der Waals surface area contributed by atoms with E-state index in [0.717, 1.165) is 5.56 Å². The molecule has 0 fully saturated rings. The van der Waals surface area contributed by atoms with Crippen LogP contribution in [0.15, 0.2) is 30.7 Å². The van der Waals surface area contributed by atoms with Gasteiger partial charge in [0, 0.05) is 25.0 Å². The number of nitrogens with zero attached hydrogens (tertiary/aromatic N) is 4. The molecule has 5 heteroatoms. The summed E-state index contributed by atoms with van der Waals surface area (Å²) in [5, 5.41) is 17.4. The molecule has 2 heterocycles. The number of rotatable bonds is 2. The summed E-state index contributed by atoms with van der Waals surface area (Å²) in [7, 11) is 1.74. The normalized spacial score (nSPS) is 11.5. The standard InChI is InChI=1S/C9H10N4O.C2H6/c1-13-8(6-11-12-13)9(14)7-3-2-4-10-5-7;1-2/h2-6,9,14H,1H3;1-2H3. The summed E-state index contributed by atoms with van der Waals surface area (Å²) in [6.45, 7) is 4.00. The summed E-state index contributed by atoms with van der Waals surface area (Å²) < 4.78 is 1.54. The molecule has 2 rings (SSSR count). The van der Waals surface area contributed by atoms with Gasteiger partial charge in [0.05, 0.1) is 11.9 Å².